The molecular formula is C22H24ClFN2O4. The second kappa shape index (κ2) is 9.80. The van der Waals surface area contributed by atoms with Gasteiger partial charge < -0.3 is 19.3 Å². The van der Waals surface area contributed by atoms with Gasteiger partial charge in [0.15, 0.2) is 11.6 Å². The summed E-state index contributed by atoms with van der Waals surface area (Å²) in [6, 6.07) is 9.07. The number of nitrogens with zero attached hydrogens (tertiary/aromatic N) is 2. The third kappa shape index (κ3) is 5.02. The summed E-state index contributed by atoms with van der Waals surface area (Å²) in [6.45, 7) is 1.50. The number of ether oxygens (including phenoxy) is 2. The number of hydrogen-bond donors (Lipinski definition) is 0. The van der Waals surface area contributed by atoms with Gasteiger partial charge in [-0.05, 0) is 49.2 Å². The van der Waals surface area contributed by atoms with Crippen molar-refractivity contribution in [3.05, 3.63) is 58.4 Å². The van der Waals surface area contributed by atoms with E-state index in [0.717, 1.165) is 6.42 Å². The highest BCUT2D eigenvalue weighted by Crippen LogP contribution is 2.25. The van der Waals surface area contributed by atoms with Crippen LogP contribution in [0.4, 0.5) is 4.39 Å². The number of rotatable bonds is 2. The van der Waals surface area contributed by atoms with Crippen LogP contribution in [0.1, 0.15) is 33.6 Å². The number of methoxy groups -OCH3 is 1. The van der Waals surface area contributed by atoms with Crippen LogP contribution in [0.25, 0.3) is 0 Å². The van der Waals surface area contributed by atoms with Gasteiger partial charge in [0, 0.05) is 30.7 Å². The Kier molecular flexibility index (Phi) is 7.15. The van der Waals surface area contributed by atoms with E-state index >= 15 is 0 Å². The van der Waals surface area contributed by atoms with Crippen LogP contribution in [0, 0.1) is 5.82 Å². The average molecular weight is 435 g/mol. The monoisotopic (exact) mass is 434 g/mol. The van der Waals surface area contributed by atoms with E-state index in [2.05, 4.69) is 0 Å². The van der Waals surface area contributed by atoms with Crippen LogP contribution in [-0.2, 0) is 0 Å². The first-order valence-corrected chi connectivity index (χ1v) is 10.1. The molecule has 0 aromatic heterocycles. The van der Waals surface area contributed by atoms with Crippen molar-refractivity contribution in [1.82, 2.24) is 9.80 Å². The standard InChI is InChI=1S/C22H24ClFN2O4/c1-25-9-3-4-10-26(21(27)15-5-7-20(29-2)18(24)13-15)11-12-30-19-8-6-16(23)14-17(19)22(25)28/h5-8,13-14H,3-4,9-12H2,1-2H3. The summed E-state index contributed by atoms with van der Waals surface area (Å²) in [4.78, 5) is 28.9. The number of hydrogen-bond acceptors (Lipinski definition) is 4. The summed E-state index contributed by atoms with van der Waals surface area (Å²) in [5, 5.41) is 0.449. The van der Waals surface area contributed by atoms with Crippen LogP contribution in [0.15, 0.2) is 36.4 Å². The van der Waals surface area contributed by atoms with Gasteiger partial charge >= 0.3 is 0 Å². The number of halogens is 2. The molecule has 0 radical (unpaired) electrons. The van der Waals surface area contributed by atoms with E-state index in [4.69, 9.17) is 21.1 Å². The predicted octanol–water partition coefficient (Wildman–Crippen LogP) is 3.87. The molecule has 0 atom stereocenters. The SMILES string of the molecule is COc1ccc(C(=O)N2CCCCN(C)C(=O)c3cc(Cl)ccc3OCC2)cc1F. The molecular weight excluding hydrogens is 411 g/mol. The summed E-state index contributed by atoms with van der Waals surface area (Å²) < 4.78 is 24.8. The molecule has 6 nitrogen and oxygen atoms in total. The normalized spacial score (nSPS) is 15.5. The minimum atomic E-state index is -0.583. The average Bonchev–Trinajstić information content (AvgIpc) is 2.74. The van der Waals surface area contributed by atoms with E-state index in [1.165, 1.54) is 19.2 Å². The van der Waals surface area contributed by atoms with Crippen LogP contribution >= 0.6 is 11.6 Å². The van der Waals surface area contributed by atoms with Gasteiger partial charge in [0.1, 0.15) is 12.4 Å². The number of benzene rings is 2. The van der Waals surface area contributed by atoms with Crippen molar-refractivity contribution < 1.29 is 23.5 Å². The molecule has 2 amide bonds. The van der Waals surface area contributed by atoms with E-state index in [0.29, 0.717) is 42.4 Å². The van der Waals surface area contributed by atoms with Gasteiger partial charge in [-0.15, -0.1) is 0 Å². The molecule has 3 rings (SSSR count). The Labute approximate surface area is 180 Å². The highest BCUT2D eigenvalue weighted by Gasteiger charge is 2.21. The zero-order valence-corrected chi connectivity index (χ0v) is 17.7. The topological polar surface area (TPSA) is 59.1 Å². The lowest BCUT2D eigenvalue weighted by atomic mass is 10.1. The molecule has 0 spiro atoms. The van der Waals surface area contributed by atoms with Crippen molar-refractivity contribution in [3.63, 3.8) is 0 Å². The first-order valence-electron chi connectivity index (χ1n) is 9.71. The smallest absolute Gasteiger partial charge is 0.257 e. The fraction of sp³-hybridized carbons (Fsp3) is 0.364. The molecule has 0 saturated heterocycles. The minimum absolute atomic E-state index is 0.0894. The molecule has 0 saturated carbocycles. The minimum Gasteiger partial charge on any atom is -0.494 e. The first-order chi connectivity index (χ1) is 14.4. The fourth-order valence-electron chi connectivity index (χ4n) is 3.32. The van der Waals surface area contributed by atoms with Gasteiger partial charge in [-0.25, -0.2) is 4.39 Å². The predicted molar refractivity (Wildman–Crippen MR) is 112 cm³/mol. The summed E-state index contributed by atoms with van der Waals surface area (Å²) in [5.41, 5.74) is 0.639. The number of fused-ring (bicyclic) bond motifs is 1. The zero-order chi connectivity index (χ0) is 21.7. The van der Waals surface area contributed by atoms with Gasteiger partial charge in [-0.2, -0.15) is 0 Å². The molecule has 0 fully saturated rings. The molecule has 0 aliphatic carbocycles. The molecule has 2 aromatic carbocycles. The summed E-state index contributed by atoms with van der Waals surface area (Å²) in [7, 11) is 3.10. The first kappa shape index (κ1) is 21.9. The maximum atomic E-state index is 14.0. The lowest BCUT2D eigenvalue weighted by Crippen LogP contribution is -2.37. The maximum absolute atomic E-state index is 14.0. The highest BCUT2D eigenvalue weighted by atomic mass is 35.5. The summed E-state index contributed by atoms with van der Waals surface area (Å²) >= 11 is 6.06. The maximum Gasteiger partial charge on any atom is 0.257 e. The molecule has 30 heavy (non-hydrogen) atoms. The van der Waals surface area contributed by atoms with Crippen LogP contribution in [-0.4, -0.2) is 62.0 Å². The van der Waals surface area contributed by atoms with Gasteiger partial charge in [0.05, 0.1) is 19.2 Å². The van der Waals surface area contributed by atoms with Crippen molar-refractivity contribution >= 4 is 23.4 Å². The van der Waals surface area contributed by atoms with Gasteiger partial charge in [0.2, 0.25) is 0 Å². The molecule has 0 unspecified atom stereocenters. The van der Waals surface area contributed by atoms with Gasteiger partial charge in [-0.3, -0.25) is 9.59 Å². The molecule has 8 heteroatoms. The quantitative estimate of drug-likeness (QED) is 0.719. The number of carbonyl (C=O) groups is 2. The molecule has 160 valence electrons. The largest absolute Gasteiger partial charge is 0.494 e. The number of carbonyl (C=O) groups excluding carboxylic acids is 2. The van der Waals surface area contributed by atoms with Crippen molar-refractivity contribution in [2.75, 3.05) is 40.4 Å². The molecule has 1 heterocycles. The molecule has 1 aliphatic rings. The zero-order valence-electron chi connectivity index (χ0n) is 17.0. The Balaban J connectivity index is 1.80. The third-order valence-corrected chi connectivity index (χ3v) is 5.23. The van der Waals surface area contributed by atoms with Crippen molar-refractivity contribution in [2.45, 2.75) is 12.8 Å². The van der Waals surface area contributed by atoms with Crippen LogP contribution in [0.5, 0.6) is 11.5 Å². The number of amides is 2. The summed E-state index contributed by atoms with van der Waals surface area (Å²) in [5.74, 6) is -0.515. The van der Waals surface area contributed by atoms with E-state index in [9.17, 15) is 14.0 Å². The van der Waals surface area contributed by atoms with E-state index in [1.807, 2.05) is 0 Å². The highest BCUT2D eigenvalue weighted by molar-refractivity contribution is 6.31. The van der Waals surface area contributed by atoms with Gasteiger partial charge in [0.25, 0.3) is 11.8 Å². The Morgan fingerprint density at radius 1 is 1.13 bits per heavy atom. The summed E-state index contributed by atoms with van der Waals surface area (Å²) in [6.07, 6.45) is 1.42. The molecule has 1 aliphatic heterocycles. The lowest BCUT2D eigenvalue weighted by Gasteiger charge is -2.26. The van der Waals surface area contributed by atoms with E-state index in [1.54, 1.807) is 41.1 Å². The fourth-order valence-corrected chi connectivity index (χ4v) is 3.49. The Bertz CT molecular complexity index is 937. The van der Waals surface area contributed by atoms with Crippen LogP contribution in [0.2, 0.25) is 5.02 Å². The Hall–Kier alpha value is -2.80. The Morgan fingerprint density at radius 3 is 2.63 bits per heavy atom. The third-order valence-electron chi connectivity index (χ3n) is 4.99. The molecule has 0 N–H and O–H groups in total. The van der Waals surface area contributed by atoms with Crippen molar-refractivity contribution in [3.8, 4) is 11.5 Å². The lowest BCUT2D eigenvalue weighted by molar-refractivity contribution is 0.0703. The van der Waals surface area contributed by atoms with Crippen molar-refractivity contribution in [1.29, 1.82) is 0 Å². The second-order valence-corrected chi connectivity index (χ2v) is 7.50. The van der Waals surface area contributed by atoms with Crippen molar-refractivity contribution in [2.24, 2.45) is 0 Å². The van der Waals surface area contributed by atoms with Crippen LogP contribution in [0.3, 0.4) is 0 Å². The van der Waals surface area contributed by atoms with Gasteiger partial charge in [-0.1, -0.05) is 11.6 Å². The van der Waals surface area contributed by atoms with Crippen LogP contribution < -0.4 is 9.47 Å². The molecule has 2 aromatic rings. The molecule has 0 bridgehead atoms. The second-order valence-electron chi connectivity index (χ2n) is 7.06. The van der Waals surface area contributed by atoms with E-state index in [-0.39, 0.29) is 29.7 Å². The Morgan fingerprint density at radius 2 is 1.90 bits per heavy atom. The van der Waals surface area contributed by atoms with E-state index < -0.39 is 5.82 Å².